The van der Waals surface area contributed by atoms with Crippen LogP contribution in [0.15, 0.2) is 6.20 Å². The van der Waals surface area contributed by atoms with Gasteiger partial charge >= 0.3 is 0 Å². The molecule has 6 heteroatoms. The van der Waals surface area contributed by atoms with Gasteiger partial charge in [0.25, 0.3) is 0 Å². The van der Waals surface area contributed by atoms with Crippen molar-refractivity contribution in [3.8, 4) is 5.75 Å². The molecule has 1 aromatic heterocycles. The molecule has 0 spiro atoms. The summed E-state index contributed by atoms with van der Waals surface area (Å²) in [5.41, 5.74) is 3.84. The Labute approximate surface area is 114 Å². The van der Waals surface area contributed by atoms with Crippen molar-refractivity contribution in [2.24, 2.45) is 5.84 Å². The molecule has 1 fully saturated rings. The van der Waals surface area contributed by atoms with Gasteiger partial charge in [-0.2, -0.15) is 5.10 Å². The number of hydrazine groups is 1. The Morgan fingerprint density at radius 2 is 2.26 bits per heavy atom. The van der Waals surface area contributed by atoms with Crippen LogP contribution >= 0.6 is 0 Å². The first-order chi connectivity index (χ1) is 9.19. The lowest BCUT2D eigenvalue weighted by Crippen LogP contribution is -2.44. The average molecular weight is 268 g/mol. The fourth-order valence-electron chi connectivity index (χ4n) is 2.81. The molecule has 0 radical (unpaired) electrons. The number of nitrogens with two attached hydrogens (primary N) is 1. The van der Waals surface area contributed by atoms with Crippen LogP contribution in [-0.4, -0.2) is 29.6 Å². The van der Waals surface area contributed by atoms with Crippen LogP contribution in [0.5, 0.6) is 5.75 Å². The molecule has 1 heterocycles. The van der Waals surface area contributed by atoms with E-state index in [0.29, 0.717) is 0 Å². The lowest BCUT2D eigenvalue weighted by atomic mass is 9.75. The van der Waals surface area contributed by atoms with Crippen LogP contribution in [-0.2, 0) is 11.3 Å². The largest absolute Gasteiger partial charge is 0.493 e. The van der Waals surface area contributed by atoms with Crippen molar-refractivity contribution in [1.29, 1.82) is 0 Å². The number of ether oxygens (including phenoxy) is 2. The molecule has 0 aromatic carbocycles. The summed E-state index contributed by atoms with van der Waals surface area (Å²) < 4.78 is 13.0. The van der Waals surface area contributed by atoms with Crippen molar-refractivity contribution in [2.45, 2.75) is 50.8 Å². The summed E-state index contributed by atoms with van der Waals surface area (Å²) in [6.07, 6.45) is 5.97. The predicted molar refractivity (Wildman–Crippen MR) is 72.7 cm³/mol. The molecule has 0 amide bonds. The van der Waals surface area contributed by atoms with E-state index in [1.165, 1.54) is 6.42 Å². The summed E-state index contributed by atoms with van der Waals surface area (Å²) in [5.74, 6) is 6.52. The second-order valence-corrected chi connectivity index (χ2v) is 5.08. The zero-order chi connectivity index (χ0) is 13.9. The maximum Gasteiger partial charge on any atom is 0.161 e. The van der Waals surface area contributed by atoms with E-state index in [-0.39, 0.29) is 11.6 Å². The lowest BCUT2D eigenvalue weighted by molar-refractivity contribution is -0.0843. The smallest absolute Gasteiger partial charge is 0.161 e. The number of nitrogens with zero attached hydrogens (tertiary/aromatic N) is 2. The van der Waals surface area contributed by atoms with Gasteiger partial charge in [0.1, 0.15) is 0 Å². The van der Waals surface area contributed by atoms with E-state index < -0.39 is 0 Å². The highest BCUT2D eigenvalue weighted by molar-refractivity contribution is 5.29. The van der Waals surface area contributed by atoms with Gasteiger partial charge in [-0.25, -0.2) is 0 Å². The topological polar surface area (TPSA) is 74.3 Å². The van der Waals surface area contributed by atoms with Crippen molar-refractivity contribution < 1.29 is 9.47 Å². The number of aromatic nitrogens is 2. The Morgan fingerprint density at radius 3 is 2.68 bits per heavy atom. The van der Waals surface area contributed by atoms with Crippen LogP contribution in [0.1, 0.15) is 44.3 Å². The van der Waals surface area contributed by atoms with E-state index in [1.807, 2.05) is 4.68 Å². The van der Waals surface area contributed by atoms with Gasteiger partial charge in [0.2, 0.25) is 0 Å². The number of aryl methyl sites for hydroxylation is 1. The predicted octanol–water partition coefficient (Wildman–Crippen LogP) is 1.38. The van der Waals surface area contributed by atoms with Crippen LogP contribution in [0.2, 0.25) is 0 Å². The van der Waals surface area contributed by atoms with E-state index >= 15 is 0 Å². The van der Waals surface area contributed by atoms with Crippen molar-refractivity contribution in [3.05, 3.63) is 11.9 Å². The van der Waals surface area contributed by atoms with Gasteiger partial charge in [-0.05, 0) is 32.6 Å². The third kappa shape index (κ3) is 2.61. The summed E-state index contributed by atoms with van der Waals surface area (Å²) in [6.45, 7) is 2.84. The van der Waals surface area contributed by atoms with Crippen LogP contribution in [0.3, 0.4) is 0 Å². The zero-order valence-corrected chi connectivity index (χ0v) is 12.0. The van der Waals surface area contributed by atoms with Crippen LogP contribution in [0.4, 0.5) is 0 Å². The Balaban J connectivity index is 2.23. The molecule has 3 N–H and O–H groups in total. The Kier molecular flexibility index (Phi) is 4.44. The Bertz CT molecular complexity index is 388. The Morgan fingerprint density at radius 1 is 1.53 bits per heavy atom. The second-order valence-electron chi connectivity index (χ2n) is 5.08. The first-order valence-corrected chi connectivity index (χ1v) is 6.80. The summed E-state index contributed by atoms with van der Waals surface area (Å²) in [6, 6.07) is -0.0161. The van der Waals surface area contributed by atoms with Crippen molar-refractivity contribution in [3.63, 3.8) is 0 Å². The molecule has 1 unspecified atom stereocenters. The van der Waals surface area contributed by atoms with Gasteiger partial charge in [-0.15, -0.1) is 0 Å². The van der Waals surface area contributed by atoms with E-state index in [1.54, 1.807) is 20.4 Å². The van der Waals surface area contributed by atoms with Gasteiger partial charge in [0.15, 0.2) is 5.75 Å². The van der Waals surface area contributed by atoms with Gasteiger partial charge in [-0.1, -0.05) is 0 Å². The first kappa shape index (κ1) is 14.3. The molecule has 1 aliphatic rings. The molecule has 0 aliphatic heterocycles. The highest BCUT2D eigenvalue weighted by Crippen LogP contribution is 2.42. The summed E-state index contributed by atoms with van der Waals surface area (Å²) >= 11 is 0. The lowest BCUT2D eigenvalue weighted by Gasteiger charge is -2.42. The number of hydrogen-bond donors (Lipinski definition) is 2. The molecule has 6 nitrogen and oxygen atoms in total. The molecule has 0 saturated heterocycles. The molecule has 0 bridgehead atoms. The average Bonchev–Trinajstić information content (AvgIpc) is 2.81. The third-order valence-electron chi connectivity index (χ3n) is 4.17. The molecule has 2 rings (SSSR count). The quantitative estimate of drug-likeness (QED) is 0.577. The monoisotopic (exact) mass is 268 g/mol. The molecule has 19 heavy (non-hydrogen) atoms. The minimum absolute atomic E-state index is 0.0161. The van der Waals surface area contributed by atoms with Gasteiger partial charge in [0.05, 0.1) is 30.6 Å². The molecule has 1 atom stereocenters. The molecule has 1 aromatic rings. The van der Waals surface area contributed by atoms with E-state index in [0.717, 1.165) is 37.3 Å². The highest BCUT2D eigenvalue weighted by atomic mass is 16.5. The maximum absolute atomic E-state index is 5.75. The van der Waals surface area contributed by atoms with Gasteiger partial charge in [-0.3, -0.25) is 16.0 Å². The normalized spacial score (nSPS) is 18.9. The van der Waals surface area contributed by atoms with Gasteiger partial charge in [0, 0.05) is 13.7 Å². The molecule has 1 aliphatic carbocycles. The van der Waals surface area contributed by atoms with E-state index in [2.05, 4.69) is 17.4 Å². The number of rotatable bonds is 7. The molecule has 108 valence electrons. The van der Waals surface area contributed by atoms with Crippen LogP contribution < -0.4 is 16.0 Å². The van der Waals surface area contributed by atoms with Crippen LogP contribution in [0.25, 0.3) is 0 Å². The maximum atomic E-state index is 5.75. The third-order valence-corrected chi connectivity index (χ3v) is 4.17. The van der Waals surface area contributed by atoms with Crippen LogP contribution in [0, 0.1) is 0 Å². The summed E-state index contributed by atoms with van der Waals surface area (Å²) in [7, 11) is 3.44. The standard InChI is InChI=1S/C13H24N4O2/c1-4-17-12(11(18-2)9-15-17)10(16-14)8-13(19-3)6-5-7-13/h9-10,16H,4-8,14H2,1-3H3. The first-order valence-electron chi connectivity index (χ1n) is 6.80. The fraction of sp³-hybridized carbons (Fsp3) is 0.769. The minimum Gasteiger partial charge on any atom is -0.493 e. The number of hydrogen-bond acceptors (Lipinski definition) is 5. The SMILES string of the molecule is CCn1ncc(OC)c1C(CC1(OC)CCC1)NN. The molecular weight excluding hydrogens is 244 g/mol. The van der Waals surface area contributed by atoms with Crippen molar-refractivity contribution in [1.82, 2.24) is 15.2 Å². The summed E-state index contributed by atoms with van der Waals surface area (Å²) in [5, 5.41) is 4.33. The minimum atomic E-state index is -0.0507. The highest BCUT2D eigenvalue weighted by Gasteiger charge is 2.40. The Hall–Kier alpha value is -1.11. The second kappa shape index (κ2) is 5.90. The van der Waals surface area contributed by atoms with E-state index in [4.69, 9.17) is 15.3 Å². The van der Waals surface area contributed by atoms with Crippen molar-refractivity contribution >= 4 is 0 Å². The zero-order valence-electron chi connectivity index (χ0n) is 12.0. The molecule has 1 saturated carbocycles. The number of nitrogens with one attached hydrogen (secondary N) is 1. The summed E-state index contributed by atoms with van der Waals surface area (Å²) in [4.78, 5) is 0. The molecular formula is C13H24N4O2. The van der Waals surface area contributed by atoms with E-state index in [9.17, 15) is 0 Å². The van der Waals surface area contributed by atoms with Gasteiger partial charge < -0.3 is 9.47 Å². The van der Waals surface area contributed by atoms with Crippen molar-refractivity contribution in [2.75, 3.05) is 14.2 Å². The fourth-order valence-corrected chi connectivity index (χ4v) is 2.81. The number of methoxy groups -OCH3 is 2.